The van der Waals surface area contributed by atoms with Crippen molar-refractivity contribution in [2.24, 2.45) is 0 Å². The first-order valence-corrected chi connectivity index (χ1v) is 6.35. The number of benzene rings is 1. The minimum Gasteiger partial charge on any atom is -0.497 e. The normalized spacial score (nSPS) is 24.4. The van der Waals surface area contributed by atoms with Gasteiger partial charge < -0.3 is 19.9 Å². The van der Waals surface area contributed by atoms with Gasteiger partial charge in [0.2, 0.25) is 0 Å². The van der Waals surface area contributed by atoms with Crippen LogP contribution in [0.15, 0.2) is 18.2 Å². The van der Waals surface area contributed by atoms with Crippen molar-refractivity contribution in [1.82, 2.24) is 5.32 Å². The molecule has 0 bridgehead atoms. The molecule has 1 saturated heterocycles. The molecule has 1 unspecified atom stereocenters. The molecule has 0 spiro atoms. The minimum atomic E-state index is -0.830. The topological polar surface area (TPSA) is 50.7 Å². The Hall–Kier alpha value is -1.26. The molecule has 1 aromatic carbocycles. The molecule has 0 amide bonds. The second-order valence-electron chi connectivity index (χ2n) is 4.70. The Kier molecular flexibility index (Phi) is 4.09. The highest BCUT2D eigenvalue weighted by molar-refractivity contribution is 5.44. The smallest absolute Gasteiger partial charge is 0.125 e. The van der Waals surface area contributed by atoms with E-state index >= 15 is 0 Å². The van der Waals surface area contributed by atoms with Gasteiger partial charge in [-0.05, 0) is 50.6 Å². The van der Waals surface area contributed by atoms with Crippen LogP contribution in [0.3, 0.4) is 0 Å². The average Bonchev–Trinajstić information content (AvgIpc) is 2.64. The lowest BCUT2D eigenvalue weighted by atomic mass is 9.86. The fraction of sp³-hybridized carbons (Fsp3) is 0.571. The summed E-state index contributed by atoms with van der Waals surface area (Å²) in [5.41, 5.74) is -0.00308. The summed E-state index contributed by atoms with van der Waals surface area (Å²) in [6, 6.07) is 5.58. The van der Waals surface area contributed by atoms with E-state index in [4.69, 9.17) is 9.47 Å². The molecule has 18 heavy (non-hydrogen) atoms. The van der Waals surface area contributed by atoms with Crippen LogP contribution in [0.5, 0.6) is 11.5 Å². The van der Waals surface area contributed by atoms with E-state index in [1.54, 1.807) is 14.2 Å². The lowest BCUT2D eigenvalue weighted by molar-refractivity contribution is 0.0216. The summed E-state index contributed by atoms with van der Waals surface area (Å²) < 4.78 is 10.6. The van der Waals surface area contributed by atoms with Crippen molar-refractivity contribution in [3.05, 3.63) is 23.8 Å². The third kappa shape index (κ3) is 2.60. The summed E-state index contributed by atoms with van der Waals surface area (Å²) in [6.07, 6.45) is 2.39. The Balaban J connectivity index is 2.39. The second kappa shape index (κ2) is 5.59. The third-order valence-electron chi connectivity index (χ3n) is 3.57. The minimum absolute atomic E-state index is 0.691. The van der Waals surface area contributed by atoms with Crippen LogP contribution in [0.2, 0.25) is 0 Å². The standard InChI is InChI=1S/C14H21NO3/c1-17-11-4-5-13(18-2)12(10-11)14(16)6-3-8-15-9-7-14/h4-5,10,15-16H,3,6-9H2,1-2H3. The predicted molar refractivity (Wildman–Crippen MR) is 70.2 cm³/mol. The first-order valence-electron chi connectivity index (χ1n) is 6.35. The predicted octanol–water partition coefficient (Wildman–Crippen LogP) is 1.66. The summed E-state index contributed by atoms with van der Waals surface area (Å²) in [5.74, 6) is 1.47. The van der Waals surface area contributed by atoms with Gasteiger partial charge in [0.25, 0.3) is 0 Å². The largest absolute Gasteiger partial charge is 0.497 e. The second-order valence-corrected chi connectivity index (χ2v) is 4.70. The van der Waals surface area contributed by atoms with E-state index in [1.165, 1.54) is 0 Å². The number of rotatable bonds is 3. The number of methoxy groups -OCH3 is 2. The van der Waals surface area contributed by atoms with Gasteiger partial charge in [-0.2, -0.15) is 0 Å². The zero-order valence-electron chi connectivity index (χ0n) is 11.0. The van der Waals surface area contributed by atoms with Crippen LogP contribution in [0.4, 0.5) is 0 Å². The molecular weight excluding hydrogens is 230 g/mol. The zero-order valence-corrected chi connectivity index (χ0v) is 11.0. The summed E-state index contributed by atoms with van der Waals surface area (Å²) >= 11 is 0. The number of hydrogen-bond acceptors (Lipinski definition) is 4. The van der Waals surface area contributed by atoms with E-state index in [0.717, 1.165) is 43.0 Å². The van der Waals surface area contributed by atoms with Crippen molar-refractivity contribution in [1.29, 1.82) is 0 Å². The van der Waals surface area contributed by atoms with Crippen LogP contribution in [0, 0.1) is 0 Å². The molecule has 0 radical (unpaired) electrons. The maximum absolute atomic E-state index is 10.9. The Bertz CT molecular complexity index is 398. The van der Waals surface area contributed by atoms with Gasteiger partial charge in [0, 0.05) is 5.56 Å². The summed E-state index contributed by atoms with van der Waals surface area (Å²) in [5, 5.41) is 14.2. The molecule has 0 saturated carbocycles. The number of nitrogens with one attached hydrogen (secondary N) is 1. The van der Waals surface area contributed by atoms with Crippen molar-refractivity contribution >= 4 is 0 Å². The summed E-state index contributed by atoms with van der Waals surface area (Å²) in [7, 11) is 3.26. The molecule has 4 heteroatoms. The third-order valence-corrected chi connectivity index (χ3v) is 3.57. The van der Waals surface area contributed by atoms with E-state index in [0.29, 0.717) is 6.42 Å². The quantitative estimate of drug-likeness (QED) is 0.858. The first-order chi connectivity index (χ1) is 8.69. The van der Waals surface area contributed by atoms with Gasteiger partial charge in [0.05, 0.1) is 19.8 Å². The maximum atomic E-state index is 10.9. The molecule has 2 rings (SSSR count). The Morgan fingerprint density at radius 1 is 1.17 bits per heavy atom. The van der Waals surface area contributed by atoms with Crippen LogP contribution >= 0.6 is 0 Å². The fourth-order valence-corrected chi connectivity index (χ4v) is 2.50. The van der Waals surface area contributed by atoms with Crippen molar-refractivity contribution in [2.75, 3.05) is 27.3 Å². The number of ether oxygens (including phenoxy) is 2. The number of aliphatic hydroxyl groups is 1. The maximum Gasteiger partial charge on any atom is 0.125 e. The Morgan fingerprint density at radius 2 is 2.00 bits per heavy atom. The van der Waals surface area contributed by atoms with Crippen LogP contribution in [-0.2, 0) is 5.60 Å². The highest BCUT2D eigenvalue weighted by Crippen LogP contribution is 2.38. The van der Waals surface area contributed by atoms with E-state index in [-0.39, 0.29) is 0 Å². The van der Waals surface area contributed by atoms with E-state index in [1.807, 2.05) is 18.2 Å². The molecule has 0 aromatic heterocycles. The molecule has 1 fully saturated rings. The van der Waals surface area contributed by atoms with Crippen LogP contribution in [-0.4, -0.2) is 32.4 Å². The van der Waals surface area contributed by atoms with Gasteiger partial charge in [-0.1, -0.05) is 0 Å². The van der Waals surface area contributed by atoms with Crippen LogP contribution < -0.4 is 14.8 Å². The monoisotopic (exact) mass is 251 g/mol. The molecule has 4 nitrogen and oxygen atoms in total. The average molecular weight is 251 g/mol. The van der Waals surface area contributed by atoms with E-state index < -0.39 is 5.60 Å². The van der Waals surface area contributed by atoms with E-state index in [2.05, 4.69) is 5.32 Å². The molecule has 1 atom stereocenters. The van der Waals surface area contributed by atoms with Gasteiger partial charge in [0.15, 0.2) is 0 Å². The molecule has 2 N–H and O–H groups in total. The molecule has 0 aliphatic carbocycles. The summed E-state index contributed by atoms with van der Waals surface area (Å²) in [6.45, 7) is 1.77. The molecule has 1 heterocycles. The first kappa shape index (κ1) is 13.2. The van der Waals surface area contributed by atoms with E-state index in [9.17, 15) is 5.11 Å². The highest BCUT2D eigenvalue weighted by atomic mass is 16.5. The van der Waals surface area contributed by atoms with Crippen molar-refractivity contribution < 1.29 is 14.6 Å². The van der Waals surface area contributed by atoms with Gasteiger partial charge in [-0.15, -0.1) is 0 Å². The van der Waals surface area contributed by atoms with Gasteiger partial charge in [-0.3, -0.25) is 0 Å². The fourth-order valence-electron chi connectivity index (χ4n) is 2.50. The molecule has 1 aliphatic rings. The molecule has 1 aromatic rings. The SMILES string of the molecule is COc1ccc(OC)c(C2(O)CCCNCC2)c1. The van der Waals surface area contributed by atoms with Crippen molar-refractivity contribution in [3.8, 4) is 11.5 Å². The van der Waals surface area contributed by atoms with Crippen LogP contribution in [0.25, 0.3) is 0 Å². The number of hydrogen-bond donors (Lipinski definition) is 2. The van der Waals surface area contributed by atoms with Gasteiger partial charge >= 0.3 is 0 Å². The molecule has 100 valence electrons. The highest BCUT2D eigenvalue weighted by Gasteiger charge is 2.33. The Morgan fingerprint density at radius 3 is 2.72 bits per heavy atom. The molecular formula is C14H21NO3. The van der Waals surface area contributed by atoms with Crippen LogP contribution in [0.1, 0.15) is 24.8 Å². The lowest BCUT2D eigenvalue weighted by Crippen LogP contribution is -2.27. The Labute approximate surface area is 108 Å². The summed E-state index contributed by atoms with van der Waals surface area (Å²) in [4.78, 5) is 0. The molecule has 1 aliphatic heterocycles. The van der Waals surface area contributed by atoms with Gasteiger partial charge in [-0.25, -0.2) is 0 Å². The van der Waals surface area contributed by atoms with Crippen molar-refractivity contribution in [3.63, 3.8) is 0 Å². The lowest BCUT2D eigenvalue weighted by Gasteiger charge is -2.28. The zero-order chi connectivity index (χ0) is 13.0. The van der Waals surface area contributed by atoms with Gasteiger partial charge in [0.1, 0.15) is 11.5 Å². The van der Waals surface area contributed by atoms with Crippen molar-refractivity contribution in [2.45, 2.75) is 24.9 Å².